The highest BCUT2D eigenvalue weighted by Crippen LogP contribution is 2.29. The number of carbonyl (C=O) groups is 2. The summed E-state index contributed by atoms with van der Waals surface area (Å²) < 4.78 is 1.28. The molecule has 2 aromatic heterocycles. The zero-order valence-electron chi connectivity index (χ0n) is 20.0. The van der Waals surface area contributed by atoms with E-state index in [0.29, 0.717) is 37.1 Å². The summed E-state index contributed by atoms with van der Waals surface area (Å²) in [5.41, 5.74) is 4.37. The van der Waals surface area contributed by atoms with Crippen LogP contribution in [0.3, 0.4) is 0 Å². The van der Waals surface area contributed by atoms with E-state index >= 15 is 0 Å². The normalized spacial score (nSPS) is 11.9. The number of thiophene rings is 1. The van der Waals surface area contributed by atoms with E-state index in [1.807, 2.05) is 45.0 Å². The van der Waals surface area contributed by atoms with Crippen LogP contribution in [0.25, 0.3) is 10.2 Å². The van der Waals surface area contributed by atoms with E-state index in [1.165, 1.54) is 10.9 Å². The van der Waals surface area contributed by atoms with Crippen molar-refractivity contribution in [2.24, 2.45) is 0 Å². The van der Waals surface area contributed by atoms with Gasteiger partial charge in [0.25, 0.3) is 11.5 Å². The highest BCUT2D eigenvalue weighted by molar-refractivity contribution is 7.20. The first-order chi connectivity index (χ1) is 16.6. The Morgan fingerprint density at radius 3 is 2.46 bits per heavy atom. The maximum atomic E-state index is 13.3. The van der Waals surface area contributed by atoms with E-state index in [0.717, 1.165) is 28.0 Å². The summed E-state index contributed by atoms with van der Waals surface area (Å²) in [6.07, 6.45) is 1.35. The molecule has 1 unspecified atom stereocenters. The summed E-state index contributed by atoms with van der Waals surface area (Å²) in [5, 5.41) is 6.58. The molecule has 180 valence electrons. The smallest absolute Gasteiger partial charge is 0.266 e. The van der Waals surface area contributed by atoms with Crippen molar-refractivity contribution in [2.75, 3.05) is 10.6 Å². The number of benzene rings is 2. The Kier molecular flexibility index (Phi) is 6.78. The summed E-state index contributed by atoms with van der Waals surface area (Å²) in [6.45, 7) is 9.13. The second kappa shape index (κ2) is 9.64. The molecule has 7 nitrogen and oxygen atoms in total. The van der Waals surface area contributed by atoms with Gasteiger partial charge in [-0.15, -0.1) is 11.3 Å². The van der Waals surface area contributed by atoms with E-state index in [1.54, 1.807) is 26.0 Å². The van der Waals surface area contributed by atoms with E-state index in [4.69, 9.17) is 11.6 Å². The van der Waals surface area contributed by atoms with E-state index in [-0.39, 0.29) is 17.4 Å². The molecular formula is C26H25ClN4O3S. The Morgan fingerprint density at radius 1 is 1.03 bits per heavy atom. The van der Waals surface area contributed by atoms with Gasteiger partial charge in [-0.1, -0.05) is 35.4 Å². The Balaban J connectivity index is 1.62. The van der Waals surface area contributed by atoms with Crippen molar-refractivity contribution in [1.29, 1.82) is 0 Å². The molecule has 35 heavy (non-hydrogen) atoms. The molecule has 0 saturated carbocycles. The summed E-state index contributed by atoms with van der Waals surface area (Å²) in [7, 11) is 0. The SMILES string of the molecule is Cc1ccc(NC(=O)c2sc3ncn(C(C)C(=O)Nc4ccc(C)c(Cl)c4)c(=O)c3c2C)c(C)c1. The monoisotopic (exact) mass is 508 g/mol. The maximum Gasteiger partial charge on any atom is 0.266 e. The second-order valence-electron chi connectivity index (χ2n) is 8.60. The first-order valence-corrected chi connectivity index (χ1v) is 12.2. The van der Waals surface area contributed by atoms with E-state index < -0.39 is 6.04 Å². The van der Waals surface area contributed by atoms with Crippen LogP contribution in [-0.2, 0) is 4.79 Å². The molecule has 0 fully saturated rings. The zero-order valence-corrected chi connectivity index (χ0v) is 21.6. The van der Waals surface area contributed by atoms with Gasteiger partial charge >= 0.3 is 0 Å². The molecule has 1 atom stereocenters. The van der Waals surface area contributed by atoms with Crippen LogP contribution in [0.4, 0.5) is 11.4 Å². The Morgan fingerprint density at radius 2 is 1.77 bits per heavy atom. The van der Waals surface area contributed by atoms with Crippen LogP contribution >= 0.6 is 22.9 Å². The Bertz CT molecular complexity index is 1540. The molecule has 0 saturated heterocycles. The first kappa shape index (κ1) is 24.6. The van der Waals surface area contributed by atoms with Crippen LogP contribution in [0.15, 0.2) is 47.5 Å². The molecule has 4 rings (SSSR count). The average Bonchev–Trinajstić information content (AvgIpc) is 3.15. The third-order valence-corrected chi connectivity index (χ3v) is 7.55. The number of carbonyl (C=O) groups excluding carboxylic acids is 2. The summed E-state index contributed by atoms with van der Waals surface area (Å²) in [6, 6.07) is 10.2. The van der Waals surface area contributed by atoms with Crippen LogP contribution in [0.2, 0.25) is 5.02 Å². The number of nitrogens with one attached hydrogen (secondary N) is 2. The summed E-state index contributed by atoms with van der Waals surface area (Å²) in [5.74, 6) is -0.681. The number of fused-ring (bicyclic) bond motifs is 1. The number of halogens is 1. The van der Waals surface area contributed by atoms with Crippen LogP contribution in [0.5, 0.6) is 0 Å². The van der Waals surface area contributed by atoms with Crippen molar-refractivity contribution < 1.29 is 9.59 Å². The van der Waals surface area contributed by atoms with E-state index in [2.05, 4.69) is 15.6 Å². The van der Waals surface area contributed by atoms with Crippen LogP contribution in [0, 0.1) is 27.7 Å². The predicted octanol–water partition coefficient (Wildman–Crippen LogP) is 5.80. The summed E-state index contributed by atoms with van der Waals surface area (Å²) >= 11 is 7.31. The quantitative estimate of drug-likeness (QED) is 0.356. The lowest BCUT2D eigenvalue weighted by molar-refractivity contribution is -0.118. The molecule has 0 aliphatic heterocycles. The van der Waals surface area contributed by atoms with Crippen LogP contribution in [-0.4, -0.2) is 21.4 Å². The Labute approximate surface area is 211 Å². The number of aryl methyl sites for hydroxylation is 4. The van der Waals surface area contributed by atoms with Crippen LogP contribution < -0.4 is 16.2 Å². The van der Waals surface area contributed by atoms with Gasteiger partial charge < -0.3 is 10.6 Å². The van der Waals surface area contributed by atoms with Crippen LogP contribution in [0.1, 0.15) is 44.9 Å². The van der Waals surface area contributed by atoms with Gasteiger partial charge in [0, 0.05) is 16.4 Å². The van der Waals surface area contributed by atoms with Crippen molar-refractivity contribution in [1.82, 2.24) is 9.55 Å². The van der Waals surface area contributed by atoms with Gasteiger partial charge in [0.1, 0.15) is 10.9 Å². The van der Waals surface area contributed by atoms with Gasteiger partial charge in [0.2, 0.25) is 5.91 Å². The number of hydrogen-bond donors (Lipinski definition) is 2. The van der Waals surface area contributed by atoms with Gasteiger partial charge in [-0.05, 0) is 69.5 Å². The number of amides is 2. The van der Waals surface area contributed by atoms with Gasteiger partial charge in [-0.2, -0.15) is 0 Å². The van der Waals surface area contributed by atoms with Gasteiger partial charge in [-0.25, -0.2) is 4.98 Å². The average molecular weight is 509 g/mol. The molecule has 2 N–H and O–H groups in total. The van der Waals surface area contributed by atoms with E-state index in [9.17, 15) is 14.4 Å². The minimum absolute atomic E-state index is 0.301. The van der Waals surface area contributed by atoms with Gasteiger partial charge in [-0.3, -0.25) is 19.0 Å². The molecule has 0 aliphatic carbocycles. The summed E-state index contributed by atoms with van der Waals surface area (Å²) in [4.78, 5) is 44.4. The fourth-order valence-electron chi connectivity index (χ4n) is 3.81. The minimum Gasteiger partial charge on any atom is -0.324 e. The molecule has 0 radical (unpaired) electrons. The molecule has 2 amide bonds. The highest BCUT2D eigenvalue weighted by atomic mass is 35.5. The third-order valence-electron chi connectivity index (χ3n) is 5.95. The van der Waals surface area contributed by atoms with Crippen molar-refractivity contribution >= 4 is 56.3 Å². The molecule has 9 heteroatoms. The largest absolute Gasteiger partial charge is 0.324 e. The zero-order chi connectivity index (χ0) is 25.4. The fourth-order valence-corrected chi connectivity index (χ4v) is 5.02. The molecule has 0 spiro atoms. The number of hydrogen-bond acceptors (Lipinski definition) is 5. The Hall–Kier alpha value is -3.49. The fraction of sp³-hybridized carbons (Fsp3) is 0.231. The lowest BCUT2D eigenvalue weighted by atomic mass is 10.1. The predicted molar refractivity (Wildman–Crippen MR) is 142 cm³/mol. The standard InChI is InChI=1S/C26H25ClN4O3S/c1-13-6-9-20(15(3)10-13)30-24(33)22-16(4)21-25(35-22)28-12-31(26(21)34)17(5)23(32)29-18-8-7-14(2)19(27)11-18/h6-12,17H,1-5H3,(H,29,32)(H,30,33). The molecule has 0 bridgehead atoms. The van der Waals surface area contributed by atoms with Crippen molar-refractivity contribution in [2.45, 2.75) is 40.7 Å². The lowest BCUT2D eigenvalue weighted by Crippen LogP contribution is -2.31. The van der Waals surface area contributed by atoms with Gasteiger partial charge in [0.15, 0.2) is 0 Å². The van der Waals surface area contributed by atoms with Gasteiger partial charge in [0.05, 0.1) is 16.6 Å². The van der Waals surface area contributed by atoms with Crippen molar-refractivity contribution in [3.05, 3.63) is 85.2 Å². The minimum atomic E-state index is -0.828. The molecular weight excluding hydrogens is 484 g/mol. The van der Waals surface area contributed by atoms with Crippen molar-refractivity contribution in [3.63, 3.8) is 0 Å². The number of rotatable bonds is 5. The number of aromatic nitrogens is 2. The molecule has 4 aromatic rings. The molecule has 2 heterocycles. The second-order valence-corrected chi connectivity index (χ2v) is 10.0. The topological polar surface area (TPSA) is 93.1 Å². The number of nitrogens with zero attached hydrogens (tertiary/aromatic N) is 2. The molecule has 2 aromatic carbocycles. The van der Waals surface area contributed by atoms with Crippen molar-refractivity contribution in [3.8, 4) is 0 Å². The lowest BCUT2D eigenvalue weighted by Gasteiger charge is -2.15. The number of anilines is 2. The first-order valence-electron chi connectivity index (χ1n) is 11.0. The maximum absolute atomic E-state index is 13.3. The third kappa shape index (κ3) is 4.85. The molecule has 0 aliphatic rings. The highest BCUT2D eigenvalue weighted by Gasteiger charge is 2.23.